The van der Waals surface area contributed by atoms with Crippen molar-refractivity contribution in [2.75, 3.05) is 5.73 Å². The molecule has 1 atom stereocenters. The topological polar surface area (TPSA) is 115 Å². The van der Waals surface area contributed by atoms with Gasteiger partial charge in [0.15, 0.2) is 4.90 Å². The van der Waals surface area contributed by atoms with Gasteiger partial charge in [-0.15, -0.1) is 0 Å². The molecule has 0 amide bonds. The van der Waals surface area contributed by atoms with Crippen molar-refractivity contribution in [1.82, 2.24) is 4.72 Å². The molecule has 1 unspecified atom stereocenters. The third-order valence-electron chi connectivity index (χ3n) is 2.85. The summed E-state index contributed by atoms with van der Waals surface area (Å²) in [6, 6.07) is 4.74. The van der Waals surface area contributed by atoms with E-state index in [9.17, 15) is 18.5 Å². The highest BCUT2D eigenvalue weighted by Gasteiger charge is 2.27. The van der Waals surface area contributed by atoms with Crippen molar-refractivity contribution in [3.63, 3.8) is 0 Å². The molecule has 9 heteroatoms. The Kier molecular flexibility index (Phi) is 4.26. The van der Waals surface area contributed by atoms with E-state index in [1.165, 1.54) is 17.4 Å². The zero-order chi connectivity index (χ0) is 15.6. The number of rotatable bonds is 5. The Morgan fingerprint density at radius 3 is 2.67 bits per heavy atom. The second-order valence-corrected chi connectivity index (χ2v) is 6.85. The Morgan fingerprint density at radius 2 is 2.10 bits per heavy atom. The van der Waals surface area contributed by atoms with E-state index < -0.39 is 31.6 Å². The van der Waals surface area contributed by atoms with Crippen LogP contribution in [0.25, 0.3) is 0 Å². The normalized spacial score (nSPS) is 13.0. The van der Waals surface area contributed by atoms with Crippen LogP contribution in [0.15, 0.2) is 39.9 Å². The van der Waals surface area contributed by atoms with Crippen LogP contribution in [0.4, 0.5) is 11.4 Å². The molecule has 0 bridgehead atoms. The molecule has 0 spiro atoms. The quantitative estimate of drug-likeness (QED) is 0.496. The van der Waals surface area contributed by atoms with Crippen molar-refractivity contribution < 1.29 is 13.3 Å². The Bertz CT molecular complexity index is 757. The Balaban J connectivity index is 2.40. The van der Waals surface area contributed by atoms with Gasteiger partial charge in [0.1, 0.15) is 0 Å². The van der Waals surface area contributed by atoms with Gasteiger partial charge < -0.3 is 5.73 Å². The number of sulfonamides is 1. The predicted molar refractivity (Wildman–Crippen MR) is 80.6 cm³/mol. The second-order valence-electron chi connectivity index (χ2n) is 4.38. The highest BCUT2D eigenvalue weighted by molar-refractivity contribution is 7.89. The van der Waals surface area contributed by atoms with Gasteiger partial charge in [0.25, 0.3) is 5.69 Å². The molecule has 0 saturated heterocycles. The van der Waals surface area contributed by atoms with E-state index in [0.717, 1.165) is 17.7 Å². The number of nitrogens with two attached hydrogens (primary N) is 1. The largest absolute Gasteiger partial charge is 0.399 e. The lowest BCUT2D eigenvalue weighted by Crippen LogP contribution is -2.27. The van der Waals surface area contributed by atoms with Crippen LogP contribution < -0.4 is 10.5 Å². The van der Waals surface area contributed by atoms with Gasteiger partial charge in [0.2, 0.25) is 10.0 Å². The number of nitrogens with one attached hydrogen (secondary N) is 1. The highest BCUT2D eigenvalue weighted by atomic mass is 32.2. The summed E-state index contributed by atoms with van der Waals surface area (Å²) in [5, 5.41) is 14.6. The summed E-state index contributed by atoms with van der Waals surface area (Å²) >= 11 is 1.44. The standard InChI is InChI=1S/C12H13N3O4S2/c1-8(9-4-5-20-7-9)14-21(18,19)12-6-10(13)2-3-11(12)15(16)17/h2-8,14H,13H2,1H3. The Morgan fingerprint density at radius 1 is 1.38 bits per heavy atom. The van der Waals surface area contributed by atoms with Crippen molar-refractivity contribution in [2.24, 2.45) is 0 Å². The minimum Gasteiger partial charge on any atom is -0.399 e. The summed E-state index contributed by atoms with van der Waals surface area (Å²) in [5.74, 6) is 0. The maximum atomic E-state index is 12.3. The first-order valence-electron chi connectivity index (χ1n) is 5.89. The van der Waals surface area contributed by atoms with Crippen LogP contribution in [-0.2, 0) is 10.0 Å². The van der Waals surface area contributed by atoms with Crippen LogP contribution in [0.1, 0.15) is 18.5 Å². The number of hydrogen-bond acceptors (Lipinski definition) is 6. The molecule has 0 aliphatic rings. The fraction of sp³-hybridized carbons (Fsp3) is 0.167. The summed E-state index contributed by atoms with van der Waals surface area (Å²) in [6.07, 6.45) is 0. The van der Waals surface area contributed by atoms with Crippen molar-refractivity contribution in [3.05, 3.63) is 50.7 Å². The van der Waals surface area contributed by atoms with Gasteiger partial charge in [0.05, 0.1) is 4.92 Å². The molecular weight excluding hydrogens is 314 g/mol. The molecule has 0 saturated carbocycles. The number of thiophene rings is 1. The monoisotopic (exact) mass is 327 g/mol. The smallest absolute Gasteiger partial charge is 0.289 e. The Labute approximate surface area is 125 Å². The van der Waals surface area contributed by atoms with Crippen LogP contribution >= 0.6 is 11.3 Å². The molecule has 0 aliphatic carbocycles. The summed E-state index contributed by atoms with van der Waals surface area (Å²) < 4.78 is 27.1. The third-order valence-corrected chi connectivity index (χ3v) is 5.12. The first-order chi connectivity index (χ1) is 9.81. The first kappa shape index (κ1) is 15.4. The van der Waals surface area contributed by atoms with Gasteiger partial charge in [-0.25, -0.2) is 13.1 Å². The van der Waals surface area contributed by atoms with E-state index in [0.29, 0.717) is 0 Å². The number of hydrogen-bond donors (Lipinski definition) is 2. The molecule has 21 heavy (non-hydrogen) atoms. The molecule has 1 aromatic carbocycles. The fourth-order valence-corrected chi connectivity index (χ4v) is 3.97. The molecule has 7 nitrogen and oxygen atoms in total. The van der Waals surface area contributed by atoms with E-state index in [1.54, 1.807) is 18.4 Å². The van der Waals surface area contributed by atoms with Crippen molar-refractivity contribution in [3.8, 4) is 0 Å². The summed E-state index contributed by atoms with van der Waals surface area (Å²) in [5.41, 5.74) is 5.96. The average molecular weight is 327 g/mol. The Hall–Kier alpha value is -1.97. The molecule has 0 radical (unpaired) electrons. The van der Waals surface area contributed by atoms with Crippen LogP contribution in [0.2, 0.25) is 0 Å². The molecule has 3 N–H and O–H groups in total. The van der Waals surface area contributed by atoms with Gasteiger partial charge in [-0.2, -0.15) is 11.3 Å². The van der Waals surface area contributed by atoms with Gasteiger partial charge in [0, 0.05) is 17.8 Å². The molecule has 112 valence electrons. The van der Waals surface area contributed by atoms with Crippen molar-refractivity contribution in [2.45, 2.75) is 17.9 Å². The predicted octanol–water partition coefficient (Wildman–Crippen LogP) is 2.28. The maximum Gasteiger partial charge on any atom is 0.289 e. The zero-order valence-corrected chi connectivity index (χ0v) is 12.6. The molecule has 0 fully saturated rings. The zero-order valence-electron chi connectivity index (χ0n) is 11.0. The van der Waals surface area contributed by atoms with Crippen LogP contribution in [0.5, 0.6) is 0 Å². The molecule has 1 aromatic heterocycles. The SMILES string of the molecule is CC(NS(=O)(=O)c1cc(N)ccc1[N+](=O)[O-])c1ccsc1. The van der Waals surface area contributed by atoms with E-state index in [-0.39, 0.29) is 5.69 Å². The number of nitrogens with zero attached hydrogens (tertiary/aromatic N) is 1. The van der Waals surface area contributed by atoms with Gasteiger partial charge in [-0.3, -0.25) is 10.1 Å². The van der Waals surface area contributed by atoms with E-state index in [1.807, 2.05) is 5.38 Å². The average Bonchev–Trinajstić information content (AvgIpc) is 2.91. The number of nitrogen functional groups attached to an aromatic ring is 1. The van der Waals surface area contributed by atoms with Crippen LogP contribution in [0.3, 0.4) is 0 Å². The van der Waals surface area contributed by atoms with Gasteiger partial charge in [-0.05, 0) is 41.4 Å². The lowest BCUT2D eigenvalue weighted by molar-refractivity contribution is -0.387. The van der Waals surface area contributed by atoms with Crippen molar-refractivity contribution in [1.29, 1.82) is 0 Å². The maximum absolute atomic E-state index is 12.3. The lowest BCUT2D eigenvalue weighted by Gasteiger charge is -2.13. The molecule has 2 rings (SSSR count). The number of nitro groups is 1. The number of benzene rings is 1. The van der Waals surface area contributed by atoms with Gasteiger partial charge >= 0.3 is 0 Å². The molecule has 1 heterocycles. The summed E-state index contributed by atoms with van der Waals surface area (Å²) in [6.45, 7) is 1.66. The highest BCUT2D eigenvalue weighted by Crippen LogP contribution is 2.27. The van der Waals surface area contributed by atoms with E-state index >= 15 is 0 Å². The molecule has 2 aromatic rings. The summed E-state index contributed by atoms with van der Waals surface area (Å²) in [4.78, 5) is 9.79. The minimum absolute atomic E-state index is 0.143. The first-order valence-corrected chi connectivity index (χ1v) is 8.32. The summed E-state index contributed by atoms with van der Waals surface area (Å²) in [7, 11) is -4.05. The van der Waals surface area contributed by atoms with Crippen LogP contribution in [-0.4, -0.2) is 13.3 Å². The second kappa shape index (κ2) is 5.80. The minimum atomic E-state index is -4.05. The van der Waals surface area contributed by atoms with Crippen molar-refractivity contribution >= 4 is 32.7 Å². The fourth-order valence-electron chi connectivity index (χ4n) is 1.78. The molecule has 0 aliphatic heterocycles. The third kappa shape index (κ3) is 3.38. The lowest BCUT2D eigenvalue weighted by atomic mass is 10.2. The van der Waals surface area contributed by atoms with Crippen LogP contribution in [0, 0.1) is 10.1 Å². The molecular formula is C12H13N3O4S2. The van der Waals surface area contributed by atoms with E-state index in [4.69, 9.17) is 5.73 Å². The number of nitro benzene ring substituents is 1. The van der Waals surface area contributed by atoms with E-state index in [2.05, 4.69) is 4.72 Å². The number of anilines is 1. The van der Waals surface area contributed by atoms with Gasteiger partial charge in [-0.1, -0.05) is 0 Å².